The second kappa shape index (κ2) is 8.14. The van der Waals surface area contributed by atoms with Crippen molar-refractivity contribution in [2.75, 3.05) is 6.61 Å². The van der Waals surface area contributed by atoms with Crippen LogP contribution in [-0.4, -0.2) is 16.5 Å². The second-order valence-electron chi connectivity index (χ2n) is 2.79. The summed E-state index contributed by atoms with van der Waals surface area (Å²) in [5.41, 5.74) is 0. The van der Waals surface area contributed by atoms with Gasteiger partial charge in [0.05, 0.1) is 0 Å². The average molecular weight is 704 g/mol. The number of amides is 1. The maximum absolute atomic E-state index is 10.8. The van der Waals surface area contributed by atoms with Crippen molar-refractivity contribution in [3.8, 4) is 0 Å². The molecule has 78 valence electrons. The first-order chi connectivity index (χ1) is 6.59. The molecular formula is C8H10NO2W3-. The number of nitrogens with one attached hydrogen (secondary N) is 1. The van der Waals surface area contributed by atoms with Gasteiger partial charge in [0.1, 0.15) is 0 Å². The van der Waals surface area contributed by atoms with Gasteiger partial charge >= 0.3 is 115 Å². The molecule has 1 saturated heterocycles. The quantitative estimate of drug-likeness (QED) is 0.396. The summed E-state index contributed by atoms with van der Waals surface area (Å²) in [4.78, 5) is 10.8. The predicted octanol–water partition coefficient (Wildman–Crippen LogP) is 0.148. The van der Waals surface area contributed by atoms with Crippen LogP contribution in [0, 0.1) is 12.0 Å². The molecule has 0 atom stereocenters. The van der Waals surface area contributed by atoms with E-state index in [-0.39, 0.29) is 12.5 Å². The molecule has 1 heterocycles. The molecule has 14 heavy (non-hydrogen) atoms. The maximum atomic E-state index is 10.8. The van der Waals surface area contributed by atoms with Gasteiger partial charge in [-0.1, -0.05) is 0 Å². The molecule has 1 rings (SSSR count). The van der Waals surface area contributed by atoms with Crippen molar-refractivity contribution >= 4 is 9.93 Å². The second-order valence-corrected chi connectivity index (χ2v) is 4.26. The first-order valence-corrected chi connectivity index (χ1v) is 16.3. The van der Waals surface area contributed by atoms with Crippen molar-refractivity contribution in [1.82, 2.24) is 5.32 Å². The molecule has 0 aromatic rings. The van der Waals surface area contributed by atoms with Crippen LogP contribution >= 0.6 is 0 Å². The molecule has 0 aliphatic carbocycles. The Morgan fingerprint density at radius 2 is 2.07 bits per heavy atom. The number of morpholine rings is 1. The summed E-state index contributed by atoms with van der Waals surface area (Å²) in [5.74, 6) is 0.957. The van der Waals surface area contributed by atoms with Crippen LogP contribution in [0.2, 0.25) is 0 Å². The van der Waals surface area contributed by atoms with E-state index >= 15 is 0 Å². The van der Waals surface area contributed by atoms with Crippen molar-refractivity contribution in [3.05, 3.63) is 11.8 Å². The average Bonchev–Trinajstić information content (AvgIpc) is 2.13. The van der Waals surface area contributed by atoms with Crippen LogP contribution < -0.4 is 5.32 Å². The molecule has 0 saturated carbocycles. The summed E-state index contributed by atoms with van der Waals surface area (Å²) < 4.78 is 6.02. The van der Waals surface area contributed by atoms with E-state index in [1.165, 1.54) is 19.4 Å². The number of hydrogen-bond donors (Lipinski definition) is 1. The molecule has 0 bridgehead atoms. The van der Waals surface area contributed by atoms with E-state index in [0.717, 1.165) is 4.02 Å². The minimum atomic E-state index is -0.0747. The zero-order valence-electron chi connectivity index (χ0n) is 7.83. The molecular weight excluding hydrogens is 694 g/mol. The van der Waals surface area contributed by atoms with Gasteiger partial charge in [-0.2, -0.15) is 0 Å². The van der Waals surface area contributed by atoms with Crippen LogP contribution in [0.4, 0.5) is 0 Å². The molecule has 0 unspecified atom stereocenters. The molecule has 1 amide bonds. The van der Waals surface area contributed by atoms with Gasteiger partial charge in [-0.15, -0.1) is 0 Å². The first-order valence-electron chi connectivity index (χ1n) is 3.86. The molecule has 1 fully saturated rings. The Kier molecular flexibility index (Phi) is 8.69. The Bertz CT molecular complexity index is 263. The van der Waals surface area contributed by atoms with E-state index in [0.29, 0.717) is 11.7 Å². The van der Waals surface area contributed by atoms with E-state index in [1.54, 1.807) is 32.4 Å². The molecule has 1 aliphatic rings. The van der Waals surface area contributed by atoms with Gasteiger partial charge in [0, 0.05) is 0 Å². The molecule has 6 heteroatoms. The van der Waals surface area contributed by atoms with Gasteiger partial charge in [-0.05, 0) is 0 Å². The molecule has 0 aromatic heterocycles. The van der Waals surface area contributed by atoms with Crippen molar-refractivity contribution in [2.45, 2.75) is 13.8 Å². The monoisotopic (exact) mass is 704 g/mol. The van der Waals surface area contributed by atoms with Gasteiger partial charge in [-0.25, -0.2) is 0 Å². The third kappa shape index (κ3) is 5.74. The van der Waals surface area contributed by atoms with Crippen molar-refractivity contribution in [2.24, 2.45) is 5.92 Å². The summed E-state index contributed by atoms with van der Waals surface area (Å²) in [6, 6.07) is 0. The van der Waals surface area contributed by atoms with E-state index in [9.17, 15) is 4.79 Å². The Balaban J connectivity index is 0.000000791. The number of allylic oxidation sites excluding steroid dienone is 1. The molecule has 0 spiro atoms. The summed E-state index contributed by atoms with van der Waals surface area (Å²) >= 11 is 4.53. The van der Waals surface area contributed by atoms with Gasteiger partial charge in [0.15, 0.2) is 0 Å². The molecule has 3 nitrogen and oxygen atoms in total. The molecule has 1 aliphatic heterocycles. The van der Waals surface area contributed by atoms with Crippen LogP contribution in [0.5, 0.6) is 0 Å². The standard InChI is InChI=1S/C8H10NO2.3W/c1-6(2)3-7-4-9-8(10)5-11-7;;;/h6H,5H2,1-2H3,(H,9,10);;;/q-1;;;. The number of carbonyl (C=O) groups is 1. The van der Waals surface area contributed by atoms with E-state index < -0.39 is 0 Å². The van der Waals surface area contributed by atoms with Crippen LogP contribution in [-0.2, 0) is 61.3 Å². The Hall–Kier alpha value is 0.945. The third-order valence-electron chi connectivity index (χ3n) is 1.23. The number of carbonyl (C=O) groups excluding carboxylic acids is 1. The van der Waals surface area contributed by atoms with Crippen molar-refractivity contribution in [1.29, 1.82) is 0 Å². The van der Waals surface area contributed by atoms with Gasteiger partial charge < -0.3 is 0 Å². The van der Waals surface area contributed by atoms with Gasteiger partial charge in [-0.3, -0.25) is 0 Å². The van der Waals surface area contributed by atoms with Crippen LogP contribution in [0.1, 0.15) is 13.8 Å². The van der Waals surface area contributed by atoms with Crippen LogP contribution in [0.25, 0.3) is 0 Å². The van der Waals surface area contributed by atoms with E-state index in [2.05, 4.69) is 11.4 Å². The SMILES string of the molecule is CC(C)[C-]=C1OCC(=O)N[C]1=[W].[W]=[W]. The van der Waals surface area contributed by atoms with Gasteiger partial charge in [0.2, 0.25) is 0 Å². The van der Waals surface area contributed by atoms with E-state index in [4.69, 9.17) is 4.74 Å². The Labute approximate surface area is 114 Å². The molecule has 1 N–H and O–H groups in total. The number of rotatable bonds is 1. The van der Waals surface area contributed by atoms with Crippen LogP contribution in [0.3, 0.4) is 0 Å². The minimum absolute atomic E-state index is 0.0747. The summed E-state index contributed by atoms with van der Waals surface area (Å²) in [6.45, 7) is 4.16. The number of ether oxygens (including phenoxy) is 1. The zero-order valence-corrected chi connectivity index (χ0v) is 16.6. The normalized spacial score (nSPS) is 18.4. The fourth-order valence-electron chi connectivity index (χ4n) is 0.792. The van der Waals surface area contributed by atoms with Crippen LogP contribution in [0.15, 0.2) is 5.76 Å². The summed E-state index contributed by atoms with van der Waals surface area (Å²) in [6.07, 6.45) is 3.12. The van der Waals surface area contributed by atoms with Crippen molar-refractivity contribution in [3.63, 3.8) is 0 Å². The Morgan fingerprint density at radius 3 is 2.50 bits per heavy atom. The number of hydrogen-bond acceptors (Lipinski definition) is 2. The zero-order chi connectivity index (χ0) is 11.1. The fourth-order valence-corrected chi connectivity index (χ4v) is 1.62. The first kappa shape index (κ1) is 14.9. The predicted molar refractivity (Wildman–Crippen MR) is 40.7 cm³/mol. The summed E-state index contributed by atoms with van der Waals surface area (Å²) in [5, 5.41) is 2.72. The van der Waals surface area contributed by atoms with E-state index in [1.807, 2.05) is 13.8 Å². The third-order valence-corrected chi connectivity index (χ3v) is 2.26. The topological polar surface area (TPSA) is 38.3 Å². The molecule has 0 aromatic carbocycles. The fraction of sp³-hybridized carbons (Fsp3) is 0.500. The summed E-state index contributed by atoms with van der Waals surface area (Å²) in [7, 11) is 0. The Morgan fingerprint density at radius 1 is 1.50 bits per heavy atom. The molecule has 0 radical (unpaired) electrons. The van der Waals surface area contributed by atoms with Gasteiger partial charge in [0.25, 0.3) is 0 Å². The van der Waals surface area contributed by atoms with Crippen molar-refractivity contribution < 1.29 is 61.3 Å².